The zero-order valence-corrected chi connectivity index (χ0v) is 11.7. The number of benzene rings is 1. The Kier molecular flexibility index (Phi) is 5.73. The predicted molar refractivity (Wildman–Crippen MR) is 73.9 cm³/mol. The van der Waals surface area contributed by atoms with Crippen LogP contribution in [0.4, 0.5) is 0 Å². The minimum Gasteiger partial charge on any atom is -0.466 e. The van der Waals surface area contributed by atoms with E-state index in [9.17, 15) is 9.59 Å². The van der Waals surface area contributed by atoms with Gasteiger partial charge in [0.05, 0.1) is 18.7 Å². The Morgan fingerprint density at radius 3 is 2.42 bits per heavy atom. The van der Waals surface area contributed by atoms with E-state index < -0.39 is 12.0 Å². The van der Waals surface area contributed by atoms with Gasteiger partial charge >= 0.3 is 5.97 Å². The van der Waals surface area contributed by atoms with Crippen LogP contribution < -0.4 is 5.32 Å². The zero-order chi connectivity index (χ0) is 14.4. The molecule has 0 bridgehead atoms. The lowest BCUT2D eigenvalue weighted by Gasteiger charge is -2.17. The van der Waals surface area contributed by atoms with E-state index in [1.807, 2.05) is 12.1 Å². The third-order valence-corrected chi connectivity index (χ3v) is 2.88. The van der Waals surface area contributed by atoms with Gasteiger partial charge in [0, 0.05) is 11.6 Å². The van der Waals surface area contributed by atoms with E-state index in [-0.39, 0.29) is 11.4 Å². The normalized spacial score (nSPS) is 11.7. The fourth-order valence-corrected chi connectivity index (χ4v) is 1.71. The SMILES string of the molecule is C=C(C(=O)OC)C(NCc1ccc(Cl)cc1)C(C)=O. The van der Waals surface area contributed by atoms with Gasteiger partial charge < -0.3 is 4.74 Å². The highest BCUT2D eigenvalue weighted by molar-refractivity contribution is 6.30. The summed E-state index contributed by atoms with van der Waals surface area (Å²) in [6, 6.07) is 6.46. The standard InChI is InChI=1S/C14H16ClNO3/c1-9(14(18)19-3)13(10(2)17)16-8-11-4-6-12(15)7-5-11/h4-7,13,16H,1,8H2,2-3H3. The Hall–Kier alpha value is -1.65. The van der Waals surface area contributed by atoms with Gasteiger partial charge in [0.2, 0.25) is 0 Å². The molecule has 0 aliphatic heterocycles. The molecule has 0 saturated heterocycles. The lowest BCUT2D eigenvalue weighted by molar-refractivity contribution is -0.137. The molecule has 0 heterocycles. The molecule has 1 rings (SSSR count). The first kappa shape index (κ1) is 15.4. The molecule has 0 spiro atoms. The summed E-state index contributed by atoms with van der Waals surface area (Å²) in [5.74, 6) is -0.784. The highest BCUT2D eigenvalue weighted by Crippen LogP contribution is 2.10. The first-order valence-corrected chi connectivity index (χ1v) is 6.09. The van der Waals surface area contributed by atoms with E-state index in [1.165, 1.54) is 14.0 Å². The molecule has 1 aromatic rings. The molecule has 1 aromatic carbocycles. The highest BCUT2D eigenvalue weighted by atomic mass is 35.5. The van der Waals surface area contributed by atoms with Crippen LogP contribution in [0.2, 0.25) is 5.02 Å². The number of ether oxygens (including phenoxy) is 1. The molecular formula is C14H16ClNO3. The summed E-state index contributed by atoms with van der Waals surface area (Å²) in [4.78, 5) is 22.9. The molecule has 1 N–H and O–H groups in total. The van der Waals surface area contributed by atoms with Gasteiger partial charge in [-0.25, -0.2) is 4.79 Å². The molecule has 0 aliphatic carbocycles. The van der Waals surface area contributed by atoms with E-state index in [1.54, 1.807) is 12.1 Å². The average Bonchev–Trinajstić information content (AvgIpc) is 2.39. The molecule has 0 radical (unpaired) electrons. The first-order chi connectivity index (χ1) is 8.95. The van der Waals surface area contributed by atoms with Crippen LogP contribution in [0.15, 0.2) is 36.4 Å². The molecule has 0 saturated carbocycles. The van der Waals surface area contributed by atoms with E-state index >= 15 is 0 Å². The topological polar surface area (TPSA) is 55.4 Å². The third-order valence-electron chi connectivity index (χ3n) is 2.63. The van der Waals surface area contributed by atoms with E-state index in [2.05, 4.69) is 16.6 Å². The number of nitrogens with one attached hydrogen (secondary N) is 1. The lowest BCUT2D eigenvalue weighted by atomic mass is 10.0. The van der Waals surface area contributed by atoms with Crippen molar-refractivity contribution in [3.05, 3.63) is 47.0 Å². The van der Waals surface area contributed by atoms with Crippen molar-refractivity contribution < 1.29 is 14.3 Å². The van der Waals surface area contributed by atoms with Crippen LogP contribution in [0, 0.1) is 0 Å². The number of rotatable bonds is 6. The molecule has 0 aromatic heterocycles. The fourth-order valence-electron chi connectivity index (χ4n) is 1.58. The van der Waals surface area contributed by atoms with Gasteiger partial charge in [0.1, 0.15) is 0 Å². The highest BCUT2D eigenvalue weighted by Gasteiger charge is 2.23. The Morgan fingerprint density at radius 2 is 1.95 bits per heavy atom. The zero-order valence-electron chi connectivity index (χ0n) is 10.9. The van der Waals surface area contributed by atoms with Crippen molar-refractivity contribution in [1.82, 2.24) is 5.32 Å². The minimum atomic E-state index is -0.747. The monoisotopic (exact) mass is 281 g/mol. The second kappa shape index (κ2) is 7.07. The van der Waals surface area contributed by atoms with Crippen molar-refractivity contribution >= 4 is 23.4 Å². The van der Waals surface area contributed by atoms with Crippen molar-refractivity contribution in [2.24, 2.45) is 0 Å². The maximum absolute atomic E-state index is 11.5. The van der Waals surface area contributed by atoms with E-state index in [0.717, 1.165) is 5.56 Å². The van der Waals surface area contributed by atoms with Gasteiger partial charge in [0.25, 0.3) is 0 Å². The minimum absolute atomic E-state index is 0.101. The molecular weight excluding hydrogens is 266 g/mol. The van der Waals surface area contributed by atoms with Gasteiger partial charge in [-0.15, -0.1) is 0 Å². The number of carbonyl (C=O) groups excluding carboxylic acids is 2. The quantitative estimate of drug-likeness (QED) is 0.641. The smallest absolute Gasteiger partial charge is 0.335 e. The lowest BCUT2D eigenvalue weighted by Crippen LogP contribution is -2.39. The number of halogens is 1. The molecule has 5 heteroatoms. The summed E-state index contributed by atoms with van der Waals surface area (Å²) in [7, 11) is 1.25. The molecule has 1 unspecified atom stereocenters. The number of hydrogen-bond acceptors (Lipinski definition) is 4. The van der Waals surface area contributed by atoms with E-state index in [0.29, 0.717) is 11.6 Å². The molecule has 4 nitrogen and oxygen atoms in total. The Labute approximate surface area is 117 Å². The van der Waals surface area contributed by atoms with Gasteiger partial charge in [0.15, 0.2) is 5.78 Å². The molecule has 0 amide bonds. The number of Topliss-reactive ketones (excluding diaryl/α,β-unsaturated/α-hetero) is 1. The largest absolute Gasteiger partial charge is 0.466 e. The van der Waals surface area contributed by atoms with Gasteiger partial charge in [-0.3, -0.25) is 10.1 Å². The maximum atomic E-state index is 11.5. The maximum Gasteiger partial charge on any atom is 0.335 e. The second-order valence-corrected chi connectivity index (χ2v) is 4.50. The van der Waals surface area contributed by atoms with Crippen LogP contribution in [0.25, 0.3) is 0 Å². The third kappa shape index (κ3) is 4.50. The van der Waals surface area contributed by atoms with Crippen molar-refractivity contribution in [3.8, 4) is 0 Å². The average molecular weight is 282 g/mol. The summed E-state index contributed by atoms with van der Waals surface area (Å²) < 4.78 is 4.56. The van der Waals surface area contributed by atoms with Crippen LogP contribution in [0.5, 0.6) is 0 Å². The fraction of sp³-hybridized carbons (Fsp3) is 0.286. The van der Waals surface area contributed by atoms with Crippen molar-refractivity contribution in [2.45, 2.75) is 19.5 Å². The van der Waals surface area contributed by atoms with Crippen LogP contribution in [0.1, 0.15) is 12.5 Å². The number of ketones is 1. The van der Waals surface area contributed by atoms with Crippen molar-refractivity contribution in [3.63, 3.8) is 0 Å². The molecule has 102 valence electrons. The molecule has 0 fully saturated rings. The Bertz CT molecular complexity index is 482. The predicted octanol–water partition coefficient (Wildman–Crippen LogP) is 2.12. The van der Waals surface area contributed by atoms with Crippen LogP contribution in [-0.4, -0.2) is 24.9 Å². The summed E-state index contributed by atoms with van der Waals surface area (Å²) >= 11 is 5.79. The van der Waals surface area contributed by atoms with Gasteiger partial charge in [-0.2, -0.15) is 0 Å². The summed E-state index contributed by atoms with van der Waals surface area (Å²) in [6.07, 6.45) is 0. The number of esters is 1. The van der Waals surface area contributed by atoms with E-state index in [4.69, 9.17) is 11.6 Å². The summed E-state index contributed by atoms with van der Waals surface area (Å²) in [6.45, 7) is 5.42. The van der Waals surface area contributed by atoms with Gasteiger partial charge in [-0.05, 0) is 24.6 Å². The molecule has 0 aliphatic rings. The molecule has 1 atom stereocenters. The number of methoxy groups -OCH3 is 1. The number of hydrogen-bond donors (Lipinski definition) is 1. The first-order valence-electron chi connectivity index (χ1n) is 5.71. The van der Waals surface area contributed by atoms with Crippen molar-refractivity contribution in [1.29, 1.82) is 0 Å². The van der Waals surface area contributed by atoms with Crippen LogP contribution >= 0.6 is 11.6 Å². The Morgan fingerprint density at radius 1 is 1.37 bits per heavy atom. The Balaban J connectivity index is 2.70. The van der Waals surface area contributed by atoms with Crippen LogP contribution in [-0.2, 0) is 20.9 Å². The second-order valence-electron chi connectivity index (χ2n) is 4.07. The van der Waals surface area contributed by atoms with Crippen molar-refractivity contribution in [2.75, 3.05) is 7.11 Å². The summed E-state index contributed by atoms with van der Waals surface area (Å²) in [5.41, 5.74) is 1.05. The summed E-state index contributed by atoms with van der Waals surface area (Å²) in [5, 5.41) is 3.62. The van der Waals surface area contributed by atoms with Crippen LogP contribution in [0.3, 0.4) is 0 Å². The van der Waals surface area contributed by atoms with Gasteiger partial charge in [-0.1, -0.05) is 30.3 Å². The number of carbonyl (C=O) groups is 2. The molecule has 19 heavy (non-hydrogen) atoms.